The third-order valence-corrected chi connectivity index (χ3v) is 3.72. The molecule has 1 heterocycles. The van der Waals surface area contributed by atoms with Crippen LogP contribution in [0.2, 0.25) is 0 Å². The number of likely N-dealkylation sites (tertiary alicyclic amines) is 1. The summed E-state index contributed by atoms with van der Waals surface area (Å²) < 4.78 is 90.2. The predicted octanol–water partition coefficient (Wildman–Crippen LogP) is 3.02. The van der Waals surface area contributed by atoms with E-state index >= 15 is 0 Å². The monoisotopic (exact) mass is 412 g/mol. The van der Waals surface area contributed by atoms with Crippen molar-refractivity contribution in [1.82, 2.24) is 10.3 Å². The van der Waals surface area contributed by atoms with Crippen LogP contribution in [-0.2, 0) is 17.1 Å². The van der Waals surface area contributed by atoms with Crippen molar-refractivity contribution >= 4 is 11.7 Å². The molecule has 1 saturated heterocycles. The average Bonchev–Trinajstić information content (AvgIpc) is 2.54. The predicted molar refractivity (Wildman–Crippen MR) is 85.5 cm³/mol. The van der Waals surface area contributed by atoms with Gasteiger partial charge < -0.3 is 10.6 Å². The van der Waals surface area contributed by atoms with E-state index in [1.807, 2.05) is 0 Å². The second-order valence-electron chi connectivity index (χ2n) is 6.36. The number of carbonyl (C=O) groups excluding carboxylic acids is 1. The van der Waals surface area contributed by atoms with E-state index in [1.165, 1.54) is 11.8 Å². The van der Waals surface area contributed by atoms with Crippen LogP contribution >= 0.6 is 0 Å². The van der Waals surface area contributed by atoms with Gasteiger partial charge in [0.2, 0.25) is 5.91 Å². The molecule has 1 aromatic carbocycles. The number of benzene rings is 1. The molecule has 1 aliphatic heterocycles. The Morgan fingerprint density at radius 2 is 1.64 bits per heavy atom. The largest absolute Gasteiger partial charge is 0.416 e. The van der Waals surface area contributed by atoms with Crippen molar-refractivity contribution in [2.75, 3.05) is 13.1 Å². The van der Waals surface area contributed by atoms with Crippen LogP contribution in [0.1, 0.15) is 23.6 Å². The summed E-state index contributed by atoms with van der Waals surface area (Å²) in [4.78, 5) is 12.8. The average molecular weight is 412 g/mol. The molecule has 2 rings (SSSR count). The van der Waals surface area contributed by atoms with Crippen LogP contribution < -0.4 is 11.2 Å². The molecule has 12 heteroatoms. The third kappa shape index (κ3) is 5.36. The number of carbonyl (C=O) groups is 1. The lowest BCUT2D eigenvalue weighted by atomic mass is 9.99. The van der Waals surface area contributed by atoms with Gasteiger partial charge in [0.1, 0.15) is 5.67 Å². The molecule has 0 saturated carbocycles. The highest BCUT2D eigenvalue weighted by Crippen LogP contribution is 2.36. The number of rotatable bonds is 4. The van der Waals surface area contributed by atoms with Gasteiger partial charge in [-0.15, -0.1) is 0 Å². The molecule has 0 bridgehead atoms. The number of hydrogen-bond acceptors (Lipinski definition) is 3. The molecule has 0 atom stereocenters. The summed E-state index contributed by atoms with van der Waals surface area (Å²) in [5.41, 5.74) is 2.44. The van der Waals surface area contributed by atoms with Crippen LogP contribution in [0.25, 0.3) is 0 Å². The molecule has 0 unspecified atom stereocenters. The fourth-order valence-corrected chi connectivity index (χ4v) is 2.39. The fourth-order valence-electron chi connectivity index (χ4n) is 2.39. The highest BCUT2D eigenvalue weighted by molar-refractivity contribution is 5.97. The molecule has 0 radical (unpaired) electrons. The smallest absolute Gasteiger partial charge is 0.382 e. The first kappa shape index (κ1) is 21.5. The molecule has 1 fully saturated rings. The van der Waals surface area contributed by atoms with E-state index in [0.717, 1.165) is 12.3 Å². The number of hydrazone groups is 1. The maximum Gasteiger partial charge on any atom is 0.416 e. The van der Waals surface area contributed by atoms with Crippen molar-refractivity contribution in [1.29, 1.82) is 0 Å². The normalized spacial score (nSPS) is 17.6. The highest BCUT2D eigenvalue weighted by Gasteiger charge is 2.40. The Labute approximate surface area is 154 Å². The van der Waals surface area contributed by atoms with Crippen LogP contribution in [-0.4, -0.2) is 35.4 Å². The van der Waals surface area contributed by atoms with E-state index in [-0.39, 0.29) is 19.2 Å². The first-order valence-corrected chi connectivity index (χ1v) is 7.72. The van der Waals surface area contributed by atoms with Crippen LogP contribution in [0, 0.1) is 0 Å². The van der Waals surface area contributed by atoms with Gasteiger partial charge >= 0.3 is 12.4 Å². The van der Waals surface area contributed by atoms with E-state index in [0.29, 0.717) is 12.1 Å². The summed E-state index contributed by atoms with van der Waals surface area (Å²) in [5, 5.41) is 3.42. The summed E-state index contributed by atoms with van der Waals surface area (Å²) in [6, 6.07) is 0.814. The van der Waals surface area contributed by atoms with Gasteiger partial charge in [0.05, 0.1) is 24.2 Å². The maximum absolute atomic E-state index is 13.3. The number of halogens is 7. The van der Waals surface area contributed by atoms with Gasteiger partial charge in [-0.3, -0.25) is 10.2 Å². The Morgan fingerprint density at radius 1 is 1.14 bits per heavy atom. The van der Waals surface area contributed by atoms with Crippen molar-refractivity contribution in [3.05, 3.63) is 47.2 Å². The first-order chi connectivity index (χ1) is 12.7. The van der Waals surface area contributed by atoms with E-state index in [2.05, 4.69) is 10.5 Å². The van der Waals surface area contributed by atoms with Crippen molar-refractivity contribution in [3.8, 4) is 0 Å². The Kier molecular flexibility index (Phi) is 5.62. The Bertz CT molecular complexity index is 772. The lowest BCUT2D eigenvalue weighted by molar-refractivity contribution is -0.143. The third-order valence-electron chi connectivity index (χ3n) is 3.72. The zero-order valence-corrected chi connectivity index (χ0v) is 14.3. The number of alkyl halides is 7. The van der Waals surface area contributed by atoms with Crippen molar-refractivity contribution in [2.24, 2.45) is 10.8 Å². The molecule has 0 aliphatic carbocycles. The van der Waals surface area contributed by atoms with E-state index in [4.69, 9.17) is 5.73 Å². The number of nitrogens with one attached hydrogen (secondary N) is 1. The summed E-state index contributed by atoms with van der Waals surface area (Å²) in [6.45, 7) is 1.14. The van der Waals surface area contributed by atoms with E-state index in [9.17, 15) is 35.5 Å². The maximum atomic E-state index is 13.3. The lowest BCUT2D eigenvalue weighted by Gasteiger charge is -2.41. The second-order valence-corrected chi connectivity index (χ2v) is 6.36. The minimum atomic E-state index is -5.02. The van der Waals surface area contributed by atoms with Gasteiger partial charge in [-0.05, 0) is 25.1 Å². The number of hydrogen-bond donors (Lipinski definition) is 2. The van der Waals surface area contributed by atoms with Gasteiger partial charge in [0.15, 0.2) is 5.84 Å². The number of nitrogens with two attached hydrogens (primary N) is 1. The Balaban J connectivity index is 2.13. The highest BCUT2D eigenvalue weighted by atomic mass is 19.4. The van der Waals surface area contributed by atoms with Crippen molar-refractivity contribution < 1.29 is 35.5 Å². The van der Waals surface area contributed by atoms with Gasteiger partial charge in [0, 0.05) is 17.8 Å². The molecule has 1 aliphatic rings. The Morgan fingerprint density at radius 3 is 2.07 bits per heavy atom. The van der Waals surface area contributed by atoms with Crippen LogP contribution in [0.5, 0.6) is 0 Å². The van der Waals surface area contributed by atoms with Gasteiger partial charge in [-0.2, -0.15) is 31.4 Å². The summed E-state index contributed by atoms with van der Waals surface area (Å²) >= 11 is 0. The SMILES string of the molecule is CC1(F)CN(C(=O)/C=C\N/N=C(\N)c2cc(C(F)(F)F)cc(C(F)(F)F)c2)C1. The zero-order valence-electron chi connectivity index (χ0n) is 14.3. The quantitative estimate of drug-likeness (QED) is 0.263. The van der Waals surface area contributed by atoms with Crippen LogP contribution in [0.15, 0.2) is 35.6 Å². The van der Waals surface area contributed by atoms with Crippen LogP contribution in [0.4, 0.5) is 30.7 Å². The van der Waals surface area contributed by atoms with Crippen molar-refractivity contribution in [3.63, 3.8) is 0 Å². The number of amidine groups is 1. The zero-order chi connectivity index (χ0) is 21.3. The molecule has 5 nitrogen and oxygen atoms in total. The number of amides is 1. The van der Waals surface area contributed by atoms with E-state index in [1.54, 1.807) is 0 Å². The molecular formula is C16H15F7N4O. The van der Waals surface area contributed by atoms with Gasteiger partial charge in [-0.1, -0.05) is 0 Å². The van der Waals surface area contributed by atoms with Gasteiger partial charge in [0.25, 0.3) is 0 Å². The topological polar surface area (TPSA) is 70.7 Å². The Hall–Kier alpha value is -2.79. The lowest BCUT2D eigenvalue weighted by Crippen LogP contribution is -2.58. The molecule has 154 valence electrons. The minimum Gasteiger partial charge on any atom is -0.382 e. The number of nitrogens with zero attached hydrogens (tertiary/aromatic N) is 2. The van der Waals surface area contributed by atoms with E-state index < -0.39 is 46.5 Å². The summed E-state index contributed by atoms with van der Waals surface area (Å²) in [5.74, 6) is -1.20. The molecule has 1 aromatic rings. The molecule has 3 N–H and O–H groups in total. The molecule has 1 amide bonds. The van der Waals surface area contributed by atoms with Crippen LogP contribution in [0.3, 0.4) is 0 Å². The standard InChI is InChI=1S/C16H15F7N4O/c1-14(17)7-27(8-14)12(28)2-3-25-26-13(24)9-4-10(15(18,19)20)6-11(5-9)16(21,22)23/h2-6,25H,7-8H2,1H3,(H2,24,26)/b3-2-. The molecule has 28 heavy (non-hydrogen) atoms. The van der Waals surface area contributed by atoms with Gasteiger partial charge in [-0.25, -0.2) is 4.39 Å². The summed E-state index contributed by atoms with van der Waals surface area (Å²) in [7, 11) is 0. The van der Waals surface area contributed by atoms with Crippen molar-refractivity contribution in [2.45, 2.75) is 24.9 Å². The minimum absolute atomic E-state index is 0.0333. The molecule has 0 spiro atoms. The first-order valence-electron chi connectivity index (χ1n) is 7.72. The summed E-state index contributed by atoms with van der Waals surface area (Å²) in [6.07, 6.45) is -8.09. The fraction of sp³-hybridized carbons (Fsp3) is 0.375. The molecule has 0 aromatic heterocycles. The molecular weight excluding hydrogens is 397 g/mol. The second kappa shape index (κ2) is 7.32.